The summed E-state index contributed by atoms with van der Waals surface area (Å²) in [5.41, 5.74) is 4.98. The number of ether oxygens (including phenoxy) is 1. The van der Waals surface area contributed by atoms with Crippen molar-refractivity contribution in [1.29, 1.82) is 0 Å². The van der Waals surface area contributed by atoms with Crippen molar-refractivity contribution in [1.82, 2.24) is 15.2 Å². The monoisotopic (exact) mass is 399 g/mol. The highest BCUT2D eigenvalue weighted by Crippen LogP contribution is 2.30. The average molecular weight is 400 g/mol. The van der Waals surface area contributed by atoms with E-state index in [4.69, 9.17) is 9.72 Å². The summed E-state index contributed by atoms with van der Waals surface area (Å²) in [7, 11) is 4.08. The number of aromatic nitrogens is 1. The minimum absolute atomic E-state index is 0.0318. The van der Waals surface area contributed by atoms with Crippen LogP contribution in [-0.4, -0.2) is 48.8 Å². The molecule has 0 unspecified atom stereocenters. The van der Waals surface area contributed by atoms with Crippen molar-refractivity contribution in [3.63, 3.8) is 0 Å². The van der Waals surface area contributed by atoms with Crippen molar-refractivity contribution in [3.8, 4) is 5.75 Å². The first-order chi connectivity index (χ1) is 14.1. The SMILES string of the molecule is CCCNCCCCOc1c(C)nc(Cc2ccccc2)c(CO)c1CN(C)C. The van der Waals surface area contributed by atoms with Gasteiger partial charge in [0.25, 0.3) is 0 Å². The summed E-state index contributed by atoms with van der Waals surface area (Å²) in [6.45, 7) is 7.63. The van der Waals surface area contributed by atoms with Crippen LogP contribution in [-0.2, 0) is 19.6 Å². The van der Waals surface area contributed by atoms with Crippen molar-refractivity contribution in [2.24, 2.45) is 0 Å². The Morgan fingerprint density at radius 1 is 1.07 bits per heavy atom. The molecule has 160 valence electrons. The fraction of sp³-hybridized carbons (Fsp3) is 0.542. The first-order valence-corrected chi connectivity index (χ1v) is 10.7. The molecule has 0 fully saturated rings. The maximum atomic E-state index is 10.2. The van der Waals surface area contributed by atoms with Gasteiger partial charge in [0.15, 0.2) is 0 Å². The van der Waals surface area contributed by atoms with Crippen molar-refractivity contribution >= 4 is 0 Å². The lowest BCUT2D eigenvalue weighted by molar-refractivity contribution is 0.266. The van der Waals surface area contributed by atoms with E-state index >= 15 is 0 Å². The van der Waals surface area contributed by atoms with Crippen molar-refractivity contribution < 1.29 is 9.84 Å². The molecule has 0 aliphatic rings. The van der Waals surface area contributed by atoms with Crippen LogP contribution in [0.1, 0.15) is 54.3 Å². The fourth-order valence-corrected chi connectivity index (χ4v) is 3.48. The van der Waals surface area contributed by atoms with Crippen LogP contribution in [0.3, 0.4) is 0 Å². The predicted molar refractivity (Wildman–Crippen MR) is 119 cm³/mol. The number of rotatable bonds is 13. The van der Waals surface area contributed by atoms with Crippen LogP contribution < -0.4 is 10.1 Å². The number of aliphatic hydroxyl groups excluding tert-OH is 1. The number of nitrogens with zero attached hydrogens (tertiary/aromatic N) is 2. The Hall–Kier alpha value is -1.95. The highest BCUT2D eigenvalue weighted by Gasteiger charge is 2.19. The van der Waals surface area contributed by atoms with Gasteiger partial charge in [-0.3, -0.25) is 4.98 Å². The summed E-state index contributed by atoms with van der Waals surface area (Å²) < 4.78 is 6.20. The third-order valence-corrected chi connectivity index (χ3v) is 4.89. The fourth-order valence-electron chi connectivity index (χ4n) is 3.48. The molecule has 2 aromatic rings. The topological polar surface area (TPSA) is 57.6 Å². The van der Waals surface area contributed by atoms with Gasteiger partial charge in [0.1, 0.15) is 5.75 Å². The van der Waals surface area contributed by atoms with E-state index < -0.39 is 0 Å². The zero-order valence-corrected chi connectivity index (χ0v) is 18.5. The molecule has 5 heteroatoms. The van der Waals surface area contributed by atoms with E-state index in [1.807, 2.05) is 39.2 Å². The van der Waals surface area contributed by atoms with E-state index in [-0.39, 0.29) is 6.61 Å². The van der Waals surface area contributed by atoms with E-state index in [1.165, 1.54) is 5.56 Å². The molecule has 0 aliphatic heterocycles. The Morgan fingerprint density at radius 3 is 2.48 bits per heavy atom. The maximum Gasteiger partial charge on any atom is 0.145 e. The van der Waals surface area contributed by atoms with Gasteiger partial charge in [-0.15, -0.1) is 0 Å². The lowest BCUT2D eigenvalue weighted by atomic mass is 9.99. The quantitative estimate of drug-likeness (QED) is 0.503. The molecule has 0 amide bonds. The molecule has 0 spiro atoms. The minimum atomic E-state index is -0.0318. The summed E-state index contributed by atoms with van der Waals surface area (Å²) in [5.74, 6) is 0.834. The van der Waals surface area contributed by atoms with Crippen LogP contribution in [0.2, 0.25) is 0 Å². The number of hydrogen-bond acceptors (Lipinski definition) is 5. The number of pyridine rings is 1. The summed E-state index contributed by atoms with van der Waals surface area (Å²) in [5, 5.41) is 13.6. The van der Waals surface area contributed by atoms with Crippen molar-refractivity contribution in [2.45, 2.75) is 52.7 Å². The molecule has 0 saturated heterocycles. The Balaban J connectivity index is 2.19. The lowest BCUT2D eigenvalue weighted by Gasteiger charge is -2.22. The Kier molecular flexibility index (Phi) is 10.1. The van der Waals surface area contributed by atoms with Gasteiger partial charge < -0.3 is 20.1 Å². The van der Waals surface area contributed by atoms with E-state index in [0.29, 0.717) is 19.6 Å². The first kappa shape index (κ1) is 23.3. The highest BCUT2D eigenvalue weighted by molar-refractivity contribution is 5.46. The van der Waals surface area contributed by atoms with Gasteiger partial charge >= 0.3 is 0 Å². The maximum absolute atomic E-state index is 10.2. The molecular weight excluding hydrogens is 362 g/mol. The number of hydrogen-bond donors (Lipinski definition) is 2. The van der Waals surface area contributed by atoms with Gasteiger partial charge in [0, 0.05) is 24.1 Å². The second-order valence-corrected chi connectivity index (χ2v) is 7.79. The molecule has 29 heavy (non-hydrogen) atoms. The third kappa shape index (κ3) is 7.42. The van der Waals surface area contributed by atoms with Crippen molar-refractivity contribution in [2.75, 3.05) is 33.8 Å². The third-order valence-electron chi connectivity index (χ3n) is 4.89. The smallest absolute Gasteiger partial charge is 0.145 e. The summed E-state index contributed by atoms with van der Waals surface area (Å²) in [6, 6.07) is 10.3. The summed E-state index contributed by atoms with van der Waals surface area (Å²) in [6.07, 6.45) is 3.96. The predicted octanol–water partition coefficient (Wildman–Crippen LogP) is 3.69. The largest absolute Gasteiger partial charge is 0.491 e. The van der Waals surface area contributed by atoms with E-state index in [1.54, 1.807) is 0 Å². The molecule has 2 N–H and O–H groups in total. The first-order valence-electron chi connectivity index (χ1n) is 10.7. The molecule has 2 rings (SSSR count). The van der Waals surface area contributed by atoms with E-state index in [9.17, 15) is 5.11 Å². The van der Waals surface area contributed by atoms with Crippen LogP contribution in [0.25, 0.3) is 0 Å². The van der Waals surface area contributed by atoms with Gasteiger partial charge in [-0.2, -0.15) is 0 Å². The Labute approximate surface area is 176 Å². The lowest BCUT2D eigenvalue weighted by Crippen LogP contribution is -2.18. The Bertz CT molecular complexity index is 733. The normalized spacial score (nSPS) is 11.2. The van der Waals surface area contributed by atoms with Crippen LogP contribution in [0.15, 0.2) is 30.3 Å². The molecule has 1 heterocycles. The van der Waals surface area contributed by atoms with E-state index in [0.717, 1.165) is 60.6 Å². The van der Waals surface area contributed by atoms with E-state index in [2.05, 4.69) is 29.3 Å². The van der Waals surface area contributed by atoms with Gasteiger partial charge in [-0.25, -0.2) is 0 Å². The molecule has 0 aliphatic carbocycles. The second-order valence-electron chi connectivity index (χ2n) is 7.79. The Morgan fingerprint density at radius 2 is 1.83 bits per heavy atom. The molecule has 0 saturated carbocycles. The van der Waals surface area contributed by atoms with Gasteiger partial charge in [0.05, 0.1) is 24.6 Å². The number of benzene rings is 1. The van der Waals surface area contributed by atoms with Crippen LogP contribution in [0.5, 0.6) is 5.75 Å². The number of unbranched alkanes of at least 4 members (excludes halogenated alkanes) is 1. The number of aliphatic hydroxyl groups is 1. The summed E-state index contributed by atoms with van der Waals surface area (Å²) in [4.78, 5) is 6.94. The zero-order valence-electron chi connectivity index (χ0n) is 18.5. The highest BCUT2D eigenvalue weighted by atomic mass is 16.5. The van der Waals surface area contributed by atoms with Crippen LogP contribution >= 0.6 is 0 Å². The number of aryl methyl sites for hydroxylation is 1. The van der Waals surface area contributed by atoms with Crippen molar-refractivity contribution in [3.05, 3.63) is 58.4 Å². The van der Waals surface area contributed by atoms with Crippen LogP contribution in [0.4, 0.5) is 0 Å². The molecule has 0 atom stereocenters. The number of nitrogens with one attached hydrogen (secondary N) is 1. The molecular formula is C24H37N3O2. The second kappa shape index (κ2) is 12.6. The molecule has 5 nitrogen and oxygen atoms in total. The van der Waals surface area contributed by atoms with Crippen LogP contribution in [0, 0.1) is 6.92 Å². The molecule has 0 radical (unpaired) electrons. The summed E-state index contributed by atoms with van der Waals surface area (Å²) >= 11 is 0. The van der Waals surface area contributed by atoms with Gasteiger partial charge in [-0.05, 0) is 58.9 Å². The molecule has 0 bridgehead atoms. The molecule has 1 aromatic carbocycles. The molecule has 1 aromatic heterocycles. The minimum Gasteiger partial charge on any atom is -0.491 e. The van der Waals surface area contributed by atoms with Gasteiger partial charge in [0.2, 0.25) is 0 Å². The standard InChI is InChI=1S/C24H37N3O2/c1-5-13-25-14-9-10-15-29-24-19(2)26-23(16-20-11-7-6-8-12-20)22(18-28)21(24)17-27(3)4/h6-8,11-12,25,28H,5,9-10,13-18H2,1-4H3. The average Bonchev–Trinajstić information content (AvgIpc) is 2.69. The zero-order chi connectivity index (χ0) is 21.1. The van der Waals surface area contributed by atoms with Gasteiger partial charge in [-0.1, -0.05) is 37.3 Å².